The molecule has 1 aromatic carbocycles. The van der Waals surface area contributed by atoms with Gasteiger partial charge in [0.15, 0.2) is 5.43 Å². The van der Waals surface area contributed by atoms with Crippen LogP contribution in [0.5, 0.6) is 0 Å². The Balaban J connectivity index is 1.32. The maximum Gasteiger partial charge on any atom is 0.194 e. The van der Waals surface area contributed by atoms with Crippen molar-refractivity contribution in [1.29, 1.82) is 0 Å². The molecular weight excluding hydrogens is 553 g/mol. The highest BCUT2D eigenvalue weighted by Gasteiger charge is 2.38. The second kappa shape index (κ2) is 12.0. The summed E-state index contributed by atoms with van der Waals surface area (Å²) in [6.45, 7) is 7.91. The number of halogens is 1. The summed E-state index contributed by atoms with van der Waals surface area (Å²) >= 11 is 0. The maximum atomic E-state index is 14.5. The monoisotopic (exact) mass is 595 g/mol. The standard InChI is InChI=1S/C35H42FN7O/c1-23-5-7-31(18-39-23)40-14-3-4-26(19-40)34(25-11-13-38-24(2)16-25)43(41-15-12-29(37)22-41)21-27-20-42(30-8-9-30)33-10-6-28(36)17-32(33)35(27)44/h5-7,10-11,13,16-18,20,26,29-30,34H,3-4,8-9,12,14-15,19,21-22,37H2,1-2H3/t26-,29-,34?/m0/s1. The van der Waals surface area contributed by atoms with Crippen LogP contribution in [0.4, 0.5) is 10.1 Å². The summed E-state index contributed by atoms with van der Waals surface area (Å²) in [6.07, 6.45) is 11.1. The molecule has 0 spiro atoms. The third-order valence-corrected chi connectivity index (χ3v) is 9.66. The summed E-state index contributed by atoms with van der Waals surface area (Å²) in [4.78, 5) is 25.6. The highest BCUT2D eigenvalue weighted by atomic mass is 19.1. The number of nitrogens with zero attached hydrogens (tertiary/aromatic N) is 6. The van der Waals surface area contributed by atoms with Crippen LogP contribution in [-0.4, -0.2) is 56.8 Å². The van der Waals surface area contributed by atoms with Crippen LogP contribution in [-0.2, 0) is 6.54 Å². The van der Waals surface area contributed by atoms with Crippen molar-refractivity contribution in [3.63, 3.8) is 0 Å². The van der Waals surface area contributed by atoms with Crippen molar-refractivity contribution in [2.45, 2.75) is 70.6 Å². The molecule has 3 atom stereocenters. The number of hydrogen-bond donors (Lipinski definition) is 1. The van der Waals surface area contributed by atoms with Gasteiger partial charge in [-0.05, 0) is 99.9 Å². The SMILES string of the molecule is Cc1ccc(N2CCC[C@H](C(c3ccnc(C)c3)N(Cc3cn(C4CC4)c4ccc(F)cc4c3=O)N3CC[C@H](N)C3)C2)cn1. The summed E-state index contributed by atoms with van der Waals surface area (Å²) in [5, 5.41) is 5.25. The maximum absolute atomic E-state index is 14.5. The van der Waals surface area contributed by atoms with Gasteiger partial charge in [-0.1, -0.05) is 0 Å². The van der Waals surface area contributed by atoms with Crippen LogP contribution in [0.15, 0.2) is 65.8 Å². The first kappa shape index (κ1) is 29.1. The largest absolute Gasteiger partial charge is 0.370 e. The number of rotatable bonds is 8. The molecule has 0 radical (unpaired) electrons. The lowest BCUT2D eigenvalue weighted by Gasteiger charge is -2.46. The van der Waals surface area contributed by atoms with Crippen molar-refractivity contribution in [2.75, 3.05) is 31.1 Å². The van der Waals surface area contributed by atoms with Gasteiger partial charge in [0.2, 0.25) is 0 Å². The molecule has 2 saturated heterocycles. The van der Waals surface area contributed by atoms with E-state index in [1.165, 1.54) is 17.7 Å². The Morgan fingerprint density at radius 3 is 2.59 bits per heavy atom. The van der Waals surface area contributed by atoms with E-state index in [1.807, 2.05) is 32.4 Å². The second-order valence-corrected chi connectivity index (χ2v) is 13.0. The molecule has 7 rings (SSSR count). The molecule has 8 nitrogen and oxygen atoms in total. The number of aromatic nitrogens is 3. The van der Waals surface area contributed by atoms with Crippen LogP contribution in [0.25, 0.3) is 10.9 Å². The summed E-state index contributed by atoms with van der Waals surface area (Å²) in [5.41, 5.74) is 12.2. The zero-order valence-corrected chi connectivity index (χ0v) is 25.7. The fourth-order valence-corrected chi connectivity index (χ4v) is 7.29. The number of aryl methyl sites for hydroxylation is 2. The minimum Gasteiger partial charge on any atom is -0.370 e. The highest BCUT2D eigenvalue weighted by molar-refractivity contribution is 5.80. The molecule has 9 heteroatoms. The number of pyridine rings is 3. The molecule has 44 heavy (non-hydrogen) atoms. The van der Waals surface area contributed by atoms with E-state index in [9.17, 15) is 9.18 Å². The fraction of sp³-hybridized carbons (Fsp3) is 0.457. The average Bonchev–Trinajstić information content (AvgIpc) is 3.78. The van der Waals surface area contributed by atoms with Crippen molar-refractivity contribution in [3.8, 4) is 0 Å². The van der Waals surface area contributed by atoms with Crippen molar-refractivity contribution in [1.82, 2.24) is 24.6 Å². The summed E-state index contributed by atoms with van der Waals surface area (Å²) in [7, 11) is 0. The molecular formula is C35H42FN7O. The van der Waals surface area contributed by atoms with E-state index in [4.69, 9.17) is 5.73 Å². The molecule has 2 N–H and O–H groups in total. The van der Waals surface area contributed by atoms with Crippen LogP contribution in [0.1, 0.15) is 66.7 Å². The van der Waals surface area contributed by atoms with Crippen LogP contribution in [0, 0.1) is 25.6 Å². The Kier molecular flexibility index (Phi) is 7.95. The van der Waals surface area contributed by atoms with E-state index in [0.717, 1.165) is 80.9 Å². The highest BCUT2D eigenvalue weighted by Crippen LogP contribution is 2.40. The van der Waals surface area contributed by atoms with Gasteiger partial charge in [0, 0.05) is 79.5 Å². The molecule has 5 heterocycles. The number of nitrogens with two attached hydrogens (primary N) is 1. The third-order valence-electron chi connectivity index (χ3n) is 9.66. The first-order chi connectivity index (χ1) is 21.3. The van der Waals surface area contributed by atoms with Gasteiger partial charge in [0.1, 0.15) is 5.82 Å². The van der Waals surface area contributed by atoms with Crippen molar-refractivity contribution >= 4 is 16.6 Å². The Labute approximate surface area is 258 Å². The molecule has 4 aromatic rings. The number of benzene rings is 1. The fourth-order valence-electron chi connectivity index (χ4n) is 7.29. The molecule has 3 aromatic heterocycles. The molecule has 0 bridgehead atoms. The Bertz CT molecular complexity index is 1700. The molecule has 1 aliphatic carbocycles. The van der Waals surface area contributed by atoms with Gasteiger partial charge in [-0.15, -0.1) is 0 Å². The number of hydrogen-bond acceptors (Lipinski definition) is 7. The van der Waals surface area contributed by atoms with E-state index >= 15 is 0 Å². The number of piperidine rings is 1. The molecule has 1 saturated carbocycles. The molecule has 0 amide bonds. The smallest absolute Gasteiger partial charge is 0.194 e. The van der Waals surface area contributed by atoms with Gasteiger partial charge in [-0.3, -0.25) is 14.8 Å². The lowest BCUT2D eigenvalue weighted by molar-refractivity contribution is -0.0752. The quantitative estimate of drug-likeness (QED) is 0.296. The van der Waals surface area contributed by atoms with Crippen LogP contribution < -0.4 is 16.1 Å². The van der Waals surface area contributed by atoms with Crippen molar-refractivity contribution in [3.05, 3.63) is 99.6 Å². The van der Waals surface area contributed by atoms with Crippen LogP contribution in [0.2, 0.25) is 0 Å². The van der Waals surface area contributed by atoms with Gasteiger partial charge >= 0.3 is 0 Å². The summed E-state index contributed by atoms with van der Waals surface area (Å²) in [6, 6.07) is 13.6. The Hall–Kier alpha value is -3.66. The lowest BCUT2D eigenvalue weighted by atomic mass is 9.85. The predicted molar refractivity (Wildman–Crippen MR) is 172 cm³/mol. The third kappa shape index (κ3) is 5.88. The van der Waals surface area contributed by atoms with E-state index in [0.29, 0.717) is 23.5 Å². The number of anilines is 1. The first-order valence-corrected chi connectivity index (χ1v) is 16.0. The molecule has 2 aliphatic heterocycles. The average molecular weight is 596 g/mol. The topological polar surface area (TPSA) is 83.5 Å². The van der Waals surface area contributed by atoms with Crippen LogP contribution in [0.3, 0.4) is 0 Å². The minimum absolute atomic E-state index is 0.000175. The first-order valence-electron chi connectivity index (χ1n) is 16.0. The summed E-state index contributed by atoms with van der Waals surface area (Å²) < 4.78 is 16.7. The van der Waals surface area contributed by atoms with Gasteiger partial charge in [-0.25, -0.2) is 14.4 Å². The van der Waals surface area contributed by atoms with E-state index in [-0.39, 0.29) is 29.2 Å². The molecule has 1 unspecified atom stereocenters. The molecule has 3 fully saturated rings. The van der Waals surface area contributed by atoms with E-state index in [2.05, 4.69) is 53.7 Å². The van der Waals surface area contributed by atoms with Gasteiger partial charge < -0.3 is 15.2 Å². The van der Waals surface area contributed by atoms with E-state index in [1.54, 1.807) is 6.07 Å². The Morgan fingerprint density at radius 1 is 1.00 bits per heavy atom. The van der Waals surface area contributed by atoms with E-state index < -0.39 is 0 Å². The van der Waals surface area contributed by atoms with Gasteiger partial charge in [-0.2, -0.15) is 0 Å². The zero-order valence-electron chi connectivity index (χ0n) is 25.7. The zero-order chi connectivity index (χ0) is 30.4. The molecule has 230 valence electrons. The Morgan fingerprint density at radius 2 is 1.86 bits per heavy atom. The van der Waals surface area contributed by atoms with Gasteiger partial charge in [0.05, 0.1) is 23.4 Å². The summed E-state index contributed by atoms with van der Waals surface area (Å²) in [5.74, 6) is -0.0956. The lowest BCUT2D eigenvalue weighted by Crippen LogP contribution is -2.50. The van der Waals surface area contributed by atoms with Crippen molar-refractivity contribution < 1.29 is 4.39 Å². The van der Waals surface area contributed by atoms with Crippen LogP contribution >= 0.6 is 0 Å². The van der Waals surface area contributed by atoms with Gasteiger partial charge in [0.25, 0.3) is 0 Å². The normalized spacial score (nSPS) is 21.8. The number of fused-ring (bicyclic) bond motifs is 1. The number of hydrazine groups is 1. The minimum atomic E-state index is -0.380. The van der Waals surface area contributed by atoms with Crippen molar-refractivity contribution in [2.24, 2.45) is 11.7 Å². The predicted octanol–water partition coefficient (Wildman–Crippen LogP) is 5.29. The second-order valence-electron chi connectivity index (χ2n) is 13.0. The molecule has 3 aliphatic rings.